The molecule has 0 atom stereocenters. The summed E-state index contributed by atoms with van der Waals surface area (Å²) in [6.07, 6.45) is 5.65. The van der Waals surface area contributed by atoms with E-state index >= 15 is 0 Å². The summed E-state index contributed by atoms with van der Waals surface area (Å²) in [4.78, 5) is 23.8. The van der Waals surface area contributed by atoms with Crippen molar-refractivity contribution in [2.75, 3.05) is 14.2 Å². The molecule has 0 aromatic heterocycles. The first-order valence-corrected chi connectivity index (χ1v) is 7.94. The predicted molar refractivity (Wildman–Crippen MR) is 100 cm³/mol. The first-order valence-electron chi connectivity index (χ1n) is 7.94. The molecular formula is C21H20O5. The van der Waals surface area contributed by atoms with Gasteiger partial charge in [-0.1, -0.05) is 30.4 Å². The van der Waals surface area contributed by atoms with Gasteiger partial charge in [-0.2, -0.15) is 0 Å². The van der Waals surface area contributed by atoms with E-state index in [0.717, 1.165) is 5.56 Å². The summed E-state index contributed by atoms with van der Waals surface area (Å²) in [5.41, 5.74) is 1.45. The average Bonchev–Trinajstić information content (AvgIpc) is 2.65. The highest BCUT2D eigenvalue weighted by Crippen LogP contribution is 2.26. The Balaban J connectivity index is 1.93. The Morgan fingerprint density at radius 1 is 0.923 bits per heavy atom. The Morgan fingerprint density at radius 3 is 2.15 bits per heavy atom. The first kappa shape index (κ1) is 19.0. The summed E-state index contributed by atoms with van der Waals surface area (Å²) in [6.45, 7) is 0. The fourth-order valence-electron chi connectivity index (χ4n) is 2.22. The lowest BCUT2D eigenvalue weighted by atomic mass is 10.1. The van der Waals surface area contributed by atoms with Crippen LogP contribution in [0.1, 0.15) is 17.5 Å². The molecule has 0 bridgehead atoms. The van der Waals surface area contributed by atoms with Crippen LogP contribution >= 0.6 is 0 Å². The maximum atomic E-state index is 11.9. The van der Waals surface area contributed by atoms with Crippen LogP contribution in [0, 0.1) is 0 Å². The quantitative estimate of drug-likeness (QED) is 0.580. The van der Waals surface area contributed by atoms with Gasteiger partial charge >= 0.3 is 0 Å². The van der Waals surface area contributed by atoms with Crippen molar-refractivity contribution in [2.45, 2.75) is 6.42 Å². The van der Waals surface area contributed by atoms with E-state index in [1.807, 2.05) is 18.2 Å². The number of hydrogen-bond acceptors (Lipinski definition) is 5. The van der Waals surface area contributed by atoms with E-state index in [1.165, 1.54) is 25.3 Å². The van der Waals surface area contributed by atoms with Crippen LogP contribution in [-0.4, -0.2) is 30.9 Å². The molecule has 0 heterocycles. The Bertz CT molecular complexity index is 849. The Kier molecular flexibility index (Phi) is 6.74. The number of hydrogen-bond donors (Lipinski definition) is 1. The minimum absolute atomic E-state index is 0.0144. The van der Waals surface area contributed by atoms with Crippen LogP contribution in [-0.2, 0) is 9.59 Å². The van der Waals surface area contributed by atoms with Crippen molar-refractivity contribution < 1.29 is 24.2 Å². The molecule has 0 unspecified atom stereocenters. The SMILES string of the molecule is COc1cccc(C=CC(=O)CC(=O)C=Cc2ccc(OC)c(O)c2)c1. The van der Waals surface area contributed by atoms with E-state index in [2.05, 4.69) is 0 Å². The van der Waals surface area contributed by atoms with Crippen molar-refractivity contribution in [1.29, 1.82) is 0 Å². The molecule has 5 nitrogen and oxygen atoms in total. The number of ether oxygens (including phenoxy) is 2. The number of benzene rings is 2. The molecule has 134 valence electrons. The second kappa shape index (κ2) is 9.22. The maximum absolute atomic E-state index is 11.9. The van der Waals surface area contributed by atoms with Gasteiger partial charge in [0.05, 0.1) is 20.6 Å². The summed E-state index contributed by atoms with van der Waals surface area (Å²) < 4.78 is 10.1. The number of carbonyl (C=O) groups excluding carboxylic acids is 2. The molecule has 0 spiro atoms. The molecule has 1 N–H and O–H groups in total. The summed E-state index contributed by atoms with van der Waals surface area (Å²) in [6, 6.07) is 12.0. The highest BCUT2D eigenvalue weighted by Gasteiger charge is 2.05. The first-order chi connectivity index (χ1) is 12.5. The van der Waals surface area contributed by atoms with Gasteiger partial charge in [0, 0.05) is 0 Å². The van der Waals surface area contributed by atoms with Gasteiger partial charge in [-0.05, 0) is 47.5 Å². The maximum Gasteiger partial charge on any atom is 0.163 e. The molecule has 0 fully saturated rings. The molecule has 0 amide bonds. The van der Waals surface area contributed by atoms with Crippen LogP contribution in [0.15, 0.2) is 54.6 Å². The third kappa shape index (κ3) is 5.63. The predicted octanol–water partition coefficient (Wildman–Crippen LogP) is 3.66. The van der Waals surface area contributed by atoms with Crippen LogP contribution in [0.2, 0.25) is 0 Å². The van der Waals surface area contributed by atoms with E-state index in [1.54, 1.807) is 37.5 Å². The number of aromatic hydroxyl groups is 1. The van der Waals surface area contributed by atoms with Crippen molar-refractivity contribution in [3.8, 4) is 17.2 Å². The monoisotopic (exact) mass is 352 g/mol. The minimum atomic E-state index is -0.319. The molecule has 0 radical (unpaired) electrons. The van der Waals surface area contributed by atoms with E-state index in [9.17, 15) is 14.7 Å². The van der Waals surface area contributed by atoms with Crippen molar-refractivity contribution in [1.82, 2.24) is 0 Å². The molecule has 0 saturated heterocycles. The third-order valence-corrected chi connectivity index (χ3v) is 3.57. The number of ketones is 2. The van der Waals surface area contributed by atoms with Gasteiger partial charge in [-0.15, -0.1) is 0 Å². The van der Waals surface area contributed by atoms with Gasteiger partial charge in [0.1, 0.15) is 5.75 Å². The summed E-state index contributed by atoms with van der Waals surface area (Å²) >= 11 is 0. The van der Waals surface area contributed by atoms with E-state index in [-0.39, 0.29) is 23.7 Å². The summed E-state index contributed by atoms with van der Waals surface area (Å²) in [5, 5.41) is 9.70. The Labute approximate surface area is 152 Å². The van der Waals surface area contributed by atoms with E-state index in [4.69, 9.17) is 9.47 Å². The van der Waals surface area contributed by atoms with E-state index < -0.39 is 0 Å². The molecule has 0 saturated carbocycles. The van der Waals surface area contributed by atoms with Crippen LogP contribution in [0.5, 0.6) is 17.2 Å². The average molecular weight is 352 g/mol. The molecule has 0 aliphatic heterocycles. The highest BCUT2D eigenvalue weighted by atomic mass is 16.5. The fraction of sp³-hybridized carbons (Fsp3) is 0.143. The molecular weight excluding hydrogens is 332 g/mol. The van der Waals surface area contributed by atoms with Crippen LogP contribution in [0.3, 0.4) is 0 Å². The molecule has 0 aliphatic carbocycles. The Morgan fingerprint density at radius 2 is 1.58 bits per heavy atom. The van der Waals surface area contributed by atoms with Gasteiger partial charge in [0.2, 0.25) is 0 Å². The zero-order valence-electron chi connectivity index (χ0n) is 14.6. The second-order valence-electron chi connectivity index (χ2n) is 5.48. The lowest BCUT2D eigenvalue weighted by molar-refractivity contribution is -0.121. The summed E-state index contributed by atoms with van der Waals surface area (Å²) in [7, 11) is 3.03. The number of phenolic OH excluding ortho intramolecular Hbond substituents is 1. The second-order valence-corrected chi connectivity index (χ2v) is 5.48. The van der Waals surface area contributed by atoms with Crippen molar-refractivity contribution in [2.24, 2.45) is 0 Å². The molecule has 2 aromatic carbocycles. The van der Waals surface area contributed by atoms with Crippen molar-refractivity contribution in [3.05, 3.63) is 65.7 Å². The third-order valence-electron chi connectivity index (χ3n) is 3.57. The summed E-state index contributed by atoms with van der Waals surface area (Å²) in [5.74, 6) is 0.424. The molecule has 26 heavy (non-hydrogen) atoms. The number of carbonyl (C=O) groups is 2. The zero-order chi connectivity index (χ0) is 18.9. The van der Waals surface area contributed by atoms with Gasteiger partial charge in [0.15, 0.2) is 23.1 Å². The van der Waals surface area contributed by atoms with Gasteiger partial charge in [-0.25, -0.2) is 0 Å². The molecule has 5 heteroatoms. The van der Waals surface area contributed by atoms with Crippen LogP contribution < -0.4 is 9.47 Å². The lowest BCUT2D eigenvalue weighted by Crippen LogP contribution is -2.01. The van der Waals surface area contributed by atoms with Gasteiger partial charge < -0.3 is 14.6 Å². The van der Waals surface area contributed by atoms with Gasteiger partial charge in [0.25, 0.3) is 0 Å². The number of rotatable bonds is 8. The van der Waals surface area contributed by atoms with Crippen LogP contribution in [0.4, 0.5) is 0 Å². The van der Waals surface area contributed by atoms with Crippen LogP contribution in [0.25, 0.3) is 12.2 Å². The molecule has 2 rings (SSSR count). The lowest BCUT2D eigenvalue weighted by Gasteiger charge is -2.03. The van der Waals surface area contributed by atoms with Crippen molar-refractivity contribution >= 4 is 23.7 Å². The smallest absolute Gasteiger partial charge is 0.163 e. The Hall–Kier alpha value is -3.34. The van der Waals surface area contributed by atoms with Crippen molar-refractivity contribution in [3.63, 3.8) is 0 Å². The standard InChI is InChI=1S/C21H20O5/c1-25-19-5-3-4-15(12-19)6-9-17(22)14-18(23)10-7-16-8-11-21(26-2)20(24)13-16/h3-13,24H,14H2,1-2H3. The molecule has 0 aliphatic rings. The largest absolute Gasteiger partial charge is 0.504 e. The fourth-order valence-corrected chi connectivity index (χ4v) is 2.22. The number of methoxy groups -OCH3 is 2. The highest BCUT2D eigenvalue weighted by molar-refractivity contribution is 6.10. The van der Waals surface area contributed by atoms with Gasteiger partial charge in [-0.3, -0.25) is 9.59 Å². The minimum Gasteiger partial charge on any atom is -0.504 e. The van der Waals surface area contributed by atoms with E-state index in [0.29, 0.717) is 17.1 Å². The topological polar surface area (TPSA) is 72.8 Å². The number of allylic oxidation sites excluding steroid dienone is 2. The molecule has 2 aromatic rings. The zero-order valence-corrected chi connectivity index (χ0v) is 14.6. The normalized spacial score (nSPS) is 11.0. The number of phenols is 1.